The van der Waals surface area contributed by atoms with Crippen molar-refractivity contribution in [1.29, 1.82) is 0 Å². The van der Waals surface area contributed by atoms with Crippen LogP contribution in [0.15, 0.2) is 48.5 Å². The summed E-state index contributed by atoms with van der Waals surface area (Å²) >= 11 is 0. The van der Waals surface area contributed by atoms with Gasteiger partial charge in [-0.2, -0.15) is 0 Å². The molecular formula is C22H24N4O2. The van der Waals surface area contributed by atoms with E-state index in [1.54, 1.807) is 25.3 Å². The number of nitrogens with one attached hydrogen (secondary N) is 2. The maximum Gasteiger partial charge on any atom is 0.274 e. The Morgan fingerprint density at radius 3 is 2.61 bits per heavy atom. The molecule has 3 rings (SSSR count). The van der Waals surface area contributed by atoms with Gasteiger partial charge in [-0.05, 0) is 49.6 Å². The number of ether oxygens (including phenoxy) is 1. The molecule has 0 aliphatic carbocycles. The summed E-state index contributed by atoms with van der Waals surface area (Å²) in [4.78, 5) is 21.6. The van der Waals surface area contributed by atoms with E-state index in [0.717, 1.165) is 17.7 Å². The van der Waals surface area contributed by atoms with E-state index in [4.69, 9.17) is 4.74 Å². The van der Waals surface area contributed by atoms with Crippen molar-refractivity contribution in [3.8, 4) is 5.75 Å². The average molecular weight is 376 g/mol. The van der Waals surface area contributed by atoms with Gasteiger partial charge in [-0.25, -0.2) is 9.97 Å². The van der Waals surface area contributed by atoms with Crippen molar-refractivity contribution in [1.82, 2.24) is 9.97 Å². The van der Waals surface area contributed by atoms with Crippen LogP contribution in [0.4, 0.5) is 17.3 Å². The van der Waals surface area contributed by atoms with Crippen LogP contribution in [0.2, 0.25) is 0 Å². The summed E-state index contributed by atoms with van der Waals surface area (Å²) in [5.41, 5.74) is 4.83. The average Bonchev–Trinajstić information content (AvgIpc) is 2.69. The number of amides is 1. The fraction of sp³-hybridized carbons (Fsp3) is 0.227. The van der Waals surface area contributed by atoms with Gasteiger partial charge in [-0.3, -0.25) is 4.79 Å². The Hall–Kier alpha value is -3.41. The molecule has 0 atom stereocenters. The third-order valence-electron chi connectivity index (χ3n) is 4.42. The van der Waals surface area contributed by atoms with E-state index >= 15 is 0 Å². The van der Waals surface area contributed by atoms with Gasteiger partial charge < -0.3 is 15.4 Å². The predicted molar refractivity (Wildman–Crippen MR) is 112 cm³/mol. The molecule has 1 aromatic heterocycles. The number of carbonyl (C=O) groups excluding carboxylic acids is 1. The van der Waals surface area contributed by atoms with Gasteiger partial charge in [0, 0.05) is 11.4 Å². The van der Waals surface area contributed by atoms with Crippen molar-refractivity contribution in [3.05, 3.63) is 71.0 Å². The first-order valence-corrected chi connectivity index (χ1v) is 9.17. The van der Waals surface area contributed by atoms with Gasteiger partial charge in [0.2, 0.25) is 5.95 Å². The van der Waals surface area contributed by atoms with Gasteiger partial charge in [-0.1, -0.05) is 37.3 Å². The molecule has 1 heterocycles. The molecule has 0 spiro atoms. The molecule has 0 aliphatic heterocycles. The smallest absolute Gasteiger partial charge is 0.274 e. The number of anilines is 3. The summed E-state index contributed by atoms with van der Waals surface area (Å²) in [6.45, 7) is 5.97. The predicted octanol–water partition coefficient (Wildman–Crippen LogP) is 4.66. The van der Waals surface area contributed by atoms with E-state index in [9.17, 15) is 4.79 Å². The van der Waals surface area contributed by atoms with E-state index < -0.39 is 0 Å². The number of nitrogens with zero attached hydrogens (tertiary/aromatic N) is 2. The zero-order chi connectivity index (χ0) is 20.1. The van der Waals surface area contributed by atoms with Crippen LogP contribution >= 0.6 is 0 Å². The third-order valence-corrected chi connectivity index (χ3v) is 4.42. The fourth-order valence-electron chi connectivity index (χ4n) is 2.99. The molecule has 6 nitrogen and oxygen atoms in total. The lowest BCUT2D eigenvalue weighted by molar-refractivity contribution is 0.102. The highest BCUT2D eigenvalue weighted by Gasteiger charge is 2.14. The van der Waals surface area contributed by atoms with E-state index in [0.29, 0.717) is 23.1 Å². The third kappa shape index (κ3) is 4.28. The molecule has 0 saturated carbocycles. The Labute approximate surface area is 165 Å². The molecule has 6 heteroatoms. The minimum Gasteiger partial charge on any atom is -0.495 e. The normalized spacial score (nSPS) is 10.4. The number of rotatable bonds is 6. The monoisotopic (exact) mass is 376 g/mol. The Morgan fingerprint density at radius 2 is 1.86 bits per heavy atom. The van der Waals surface area contributed by atoms with Gasteiger partial charge in [0.05, 0.1) is 12.8 Å². The SMILES string of the molecule is CCc1cccc(C)c1Nc1nc(C)cc(C(=O)Nc2ccccc2OC)n1. The zero-order valence-electron chi connectivity index (χ0n) is 16.5. The van der Waals surface area contributed by atoms with E-state index in [1.165, 1.54) is 5.56 Å². The van der Waals surface area contributed by atoms with Crippen LogP contribution in [0.5, 0.6) is 5.75 Å². The Balaban J connectivity index is 1.89. The fourth-order valence-corrected chi connectivity index (χ4v) is 2.99. The topological polar surface area (TPSA) is 76.1 Å². The van der Waals surface area contributed by atoms with Crippen LogP contribution in [0.25, 0.3) is 0 Å². The van der Waals surface area contributed by atoms with Crippen molar-refractivity contribution < 1.29 is 9.53 Å². The Bertz CT molecular complexity index is 1000. The number of aryl methyl sites for hydroxylation is 3. The second kappa shape index (κ2) is 8.52. The standard InChI is InChI=1S/C22H24N4O2/c1-5-16-10-8-9-14(2)20(16)26-22-23-15(3)13-18(25-22)21(27)24-17-11-6-7-12-19(17)28-4/h6-13H,5H2,1-4H3,(H,24,27)(H,23,25,26). The van der Waals surface area contributed by atoms with Crippen LogP contribution in [-0.4, -0.2) is 23.0 Å². The molecule has 0 unspecified atom stereocenters. The second-order valence-electron chi connectivity index (χ2n) is 6.46. The molecule has 1 amide bonds. The molecule has 28 heavy (non-hydrogen) atoms. The van der Waals surface area contributed by atoms with Crippen LogP contribution in [0, 0.1) is 13.8 Å². The second-order valence-corrected chi connectivity index (χ2v) is 6.46. The highest BCUT2D eigenvalue weighted by atomic mass is 16.5. The molecule has 2 N–H and O–H groups in total. The maximum atomic E-state index is 12.7. The number of hydrogen-bond acceptors (Lipinski definition) is 5. The lowest BCUT2D eigenvalue weighted by Gasteiger charge is -2.14. The molecule has 0 aliphatic rings. The van der Waals surface area contributed by atoms with Crippen LogP contribution < -0.4 is 15.4 Å². The Morgan fingerprint density at radius 1 is 1.07 bits per heavy atom. The summed E-state index contributed by atoms with van der Waals surface area (Å²) in [5, 5.41) is 6.14. The molecular weight excluding hydrogens is 352 g/mol. The minimum absolute atomic E-state index is 0.285. The first-order valence-electron chi connectivity index (χ1n) is 9.17. The van der Waals surface area contributed by atoms with Crippen molar-refractivity contribution >= 4 is 23.2 Å². The van der Waals surface area contributed by atoms with Crippen LogP contribution in [0.1, 0.15) is 34.2 Å². The number of carbonyl (C=O) groups is 1. The molecule has 0 fully saturated rings. The van der Waals surface area contributed by atoms with Gasteiger partial charge in [0.25, 0.3) is 5.91 Å². The number of aromatic nitrogens is 2. The van der Waals surface area contributed by atoms with Crippen LogP contribution in [0.3, 0.4) is 0 Å². The summed E-state index contributed by atoms with van der Waals surface area (Å²) in [6.07, 6.45) is 0.886. The number of benzene rings is 2. The molecule has 0 saturated heterocycles. The highest BCUT2D eigenvalue weighted by Crippen LogP contribution is 2.25. The van der Waals surface area contributed by atoms with Crippen molar-refractivity contribution in [2.24, 2.45) is 0 Å². The van der Waals surface area contributed by atoms with E-state index in [2.05, 4.69) is 33.6 Å². The summed E-state index contributed by atoms with van der Waals surface area (Å²) in [7, 11) is 1.56. The van der Waals surface area contributed by atoms with Gasteiger partial charge in [0.1, 0.15) is 11.4 Å². The van der Waals surface area contributed by atoms with Crippen LogP contribution in [-0.2, 0) is 6.42 Å². The van der Waals surface area contributed by atoms with Gasteiger partial charge >= 0.3 is 0 Å². The molecule has 0 radical (unpaired) electrons. The van der Waals surface area contributed by atoms with Crippen molar-refractivity contribution in [3.63, 3.8) is 0 Å². The van der Waals surface area contributed by atoms with Gasteiger partial charge in [0.15, 0.2) is 0 Å². The Kier molecular flexibility index (Phi) is 5.89. The van der Waals surface area contributed by atoms with Crippen molar-refractivity contribution in [2.45, 2.75) is 27.2 Å². The molecule has 3 aromatic rings. The number of hydrogen-bond donors (Lipinski definition) is 2. The minimum atomic E-state index is -0.321. The van der Waals surface area contributed by atoms with Crippen molar-refractivity contribution in [2.75, 3.05) is 17.7 Å². The molecule has 144 valence electrons. The summed E-state index contributed by atoms with van der Waals surface area (Å²) in [5.74, 6) is 0.667. The number of para-hydroxylation sites is 3. The largest absolute Gasteiger partial charge is 0.495 e. The number of methoxy groups -OCH3 is 1. The van der Waals surface area contributed by atoms with E-state index in [1.807, 2.05) is 38.1 Å². The molecule has 0 bridgehead atoms. The first kappa shape index (κ1) is 19.4. The quantitative estimate of drug-likeness (QED) is 0.654. The van der Waals surface area contributed by atoms with E-state index in [-0.39, 0.29) is 11.6 Å². The van der Waals surface area contributed by atoms with Gasteiger partial charge in [-0.15, -0.1) is 0 Å². The summed E-state index contributed by atoms with van der Waals surface area (Å²) < 4.78 is 5.29. The first-order chi connectivity index (χ1) is 13.5. The molecule has 2 aromatic carbocycles. The summed E-state index contributed by atoms with van der Waals surface area (Å²) in [6, 6.07) is 15.0. The zero-order valence-corrected chi connectivity index (χ0v) is 16.5. The lowest BCUT2D eigenvalue weighted by atomic mass is 10.1. The lowest BCUT2D eigenvalue weighted by Crippen LogP contribution is -2.16. The maximum absolute atomic E-state index is 12.7. The highest BCUT2D eigenvalue weighted by molar-refractivity contribution is 6.03.